The third-order valence-corrected chi connectivity index (χ3v) is 2.89. The molecule has 2 aromatic rings. The Labute approximate surface area is 114 Å². The summed E-state index contributed by atoms with van der Waals surface area (Å²) in [5.74, 6) is 2.07. The summed E-state index contributed by atoms with van der Waals surface area (Å²) in [4.78, 5) is 8.31. The van der Waals surface area contributed by atoms with E-state index in [1.807, 2.05) is 18.2 Å². The molecule has 0 spiro atoms. The number of hydrogen-bond acceptors (Lipinski definition) is 3. The van der Waals surface area contributed by atoms with Crippen LogP contribution in [0.5, 0.6) is 5.75 Å². The third-order valence-electron chi connectivity index (χ3n) is 2.89. The molecule has 0 bridgehead atoms. The third kappa shape index (κ3) is 3.41. The Bertz CT molecular complexity index is 562. The first-order valence-corrected chi connectivity index (χ1v) is 6.33. The summed E-state index contributed by atoms with van der Waals surface area (Å²) in [5, 5.41) is 0. The predicted octanol–water partition coefficient (Wildman–Crippen LogP) is 3.78. The van der Waals surface area contributed by atoms with E-state index in [-0.39, 0.29) is 0 Å². The van der Waals surface area contributed by atoms with Gasteiger partial charge < -0.3 is 4.74 Å². The smallest absolute Gasteiger partial charge is 0.151 e. The van der Waals surface area contributed by atoms with Gasteiger partial charge in [-0.1, -0.05) is 32.1 Å². The molecule has 0 aliphatic heterocycles. The van der Waals surface area contributed by atoms with Gasteiger partial charge in [-0.05, 0) is 35.3 Å². The summed E-state index contributed by atoms with van der Waals surface area (Å²) in [6.45, 7) is 4.32. The second kappa shape index (κ2) is 6.14. The van der Waals surface area contributed by atoms with Crippen molar-refractivity contribution in [2.24, 2.45) is 0 Å². The van der Waals surface area contributed by atoms with Crippen LogP contribution in [0.15, 0.2) is 36.7 Å². The molecule has 0 radical (unpaired) electrons. The number of benzene rings is 1. The molecular formula is C16H18N2O. The molecule has 0 saturated carbocycles. The summed E-state index contributed by atoms with van der Waals surface area (Å²) < 4.78 is 5.43. The summed E-state index contributed by atoms with van der Waals surface area (Å²) >= 11 is 0. The van der Waals surface area contributed by atoms with Crippen LogP contribution in [0.2, 0.25) is 0 Å². The molecule has 0 saturated heterocycles. The van der Waals surface area contributed by atoms with Crippen molar-refractivity contribution >= 4 is 12.2 Å². The van der Waals surface area contributed by atoms with E-state index in [4.69, 9.17) is 4.74 Å². The standard InChI is InChI=1S/C16H18N2O/c1-12(2)14-7-5-13(11-15(14)19-3)6-8-16-17-9-4-10-18-16/h4-12H,1-3H3/b8-6+. The molecule has 98 valence electrons. The van der Waals surface area contributed by atoms with E-state index in [9.17, 15) is 0 Å². The number of rotatable bonds is 4. The molecular weight excluding hydrogens is 236 g/mol. The van der Waals surface area contributed by atoms with Crippen LogP contribution in [0.1, 0.15) is 36.7 Å². The van der Waals surface area contributed by atoms with Crippen LogP contribution in [0.3, 0.4) is 0 Å². The summed E-state index contributed by atoms with van der Waals surface area (Å²) in [6.07, 6.45) is 7.34. The molecule has 3 heteroatoms. The first kappa shape index (κ1) is 13.3. The minimum Gasteiger partial charge on any atom is -0.496 e. The van der Waals surface area contributed by atoms with Gasteiger partial charge in [0, 0.05) is 12.4 Å². The molecule has 0 unspecified atom stereocenters. The summed E-state index contributed by atoms with van der Waals surface area (Å²) in [5.41, 5.74) is 2.30. The first-order valence-electron chi connectivity index (χ1n) is 6.33. The van der Waals surface area contributed by atoms with Crippen LogP contribution in [0.25, 0.3) is 12.2 Å². The fourth-order valence-corrected chi connectivity index (χ4v) is 1.88. The summed E-state index contributed by atoms with van der Waals surface area (Å²) in [7, 11) is 1.70. The number of nitrogens with zero attached hydrogens (tertiary/aromatic N) is 2. The SMILES string of the molecule is COc1cc(/C=C/c2ncccn2)ccc1C(C)C. The topological polar surface area (TPSA) is 35.0 Å². The van der Waals surface area contributed by atoms with Crippen molar-refractivity contribution in [3.05, 3.63) is 53.6 Å². The molecule has 0 N–H and O–H groups in total. The van der Waals surface area contributed by atoms with Crippen molar-refractivity contribution in [2.45, 2.75) is 19.8 Å². The maximum atomic E-state index is 5.43. The van der Waals surface area contributed by atoms with Crippen LogP contribution < -0.4 is 4.74 Å². The fourth-order valence-electron chi connectivity index (χ4n) is 1.88. The molecule has 2 rings (SSSR count). The van der Waals surface area contributed by atoms with Crippen LogP contribution >= 0.6 is 0 Å². The van der Waals surface area contributed by atoms with E-state index in [1.165, 1.54) is 5.56 Å². The molecule has 0 aliphatic carbocycles. The minimum atomic E-state index is 0.449. The lowest BCUT2D eigenvalue weighted by Crippen LogP contribution is -1.94. The van der Waals surface area contributed by atoms with E-state index in [0.717, 1.165) is 11.3 Å². The van der Waals surface area contributed by atoms with Gasteiger partial charge in [-0.15, -0.1) is 0 Å². The van der Waals surface area contributed by atoms with Crippen molar-refractivity contribution < 1.29 is 4.74 Å². The van der Waals surface area contributed by atoms with Gasteiger partial charge in [-0.3, -0.25) is 0 Å². The van der Waals surface area contributed by atoms with Gasteiger partial charge >= 0.3 is 0 Å². The quantitative estimate of drug-likeness (QED) is 0.832. The zero-order valence-corrected chi connectivity index (χ0v) is 11.5. The van der Waals surface area contributed by atoms with Crippen LogP contribution in [-0.2, 0) is 0 Å². The van der Waals surface area contributed by atoms with Gasteiger partial charge in [0.05, 0.1) is 7.11 Å². The Morgan fingerprint density at radius 1 is 1.11 bits per heavy atom. The number of hydrogen-bond donors (Lipinski definition) is 0. The maximum absolute atomic E-state index is 5.43. The Hall–Kier alpha value is -2.16. The first-order chi connectivity index (χ1) is 9.20. The van der Waals surface area contributed by atoms with Crippen molar-refractivity contribution in [2.75, 3.05) is 7.11 Å². The molecule has 0 atom stereocenters. The molecule has 1 heterocycles. The van der Waals surface area contributed by atoms with E-state index in [2.05, 4.69) is 35.9 Å². The van der Waals surface area contributed by atoms with Gasteiger partial charge in [-0.2, -0.15) is 0 Å². The average molecular weight is 254 g/mol. The highest BCUT2D eigenvalue weighted by Gasteiger charge is 2.06. The van der Waals surface area contributed by atoms with Crippen LogP contribution in [0.4, 0.5) is 0 Å². The summed E-state index contributed by atoms with van der Waals surface area (Å²) in [6, 6.07) is 8.03. The maximum Gasteiger partial charge on any atom is 0.151 e. The van der Waals surface area contributed by atoms with Crippen molar-refractivity contribution in [3.8, 4) is 5.75 Å². The van der Waals surface area contributed by atoms with Gasteiger partial charge in [0.2, 0.25) is 0 Å². The van der Waals surface area contributed by atoms with Crippen molar-refractivity contribution in [1.82, 2.24) is 9.97 Å². The molecule has 0 amide bonds. The Morgan fingerprint density at radius 2 is 1.84 bits per heavy atom. The predicted molar refractivity (Wildman–Crippen MR) is 78.0 cm³/mol. The number of aromatic nitrogens is 2. The van der Waals surface area contributed by atoms with E-state index in [0.29, 0.717) is 11.7 Å². The number of methoxy groups -OCH3 is 1. The van der Waals surface area contributed by atoms with Crippen molar-refractivity contribution in [3.63, 3.8) is 0 Å². The Morgan fingerprint density at radius 3 is 2.47 bits per heavy atom. The highest BCUT2D eigenvalue weighted by molar-refractivity contribution is 5.67. The monoisotopic (exact) mass is 254 g/mol. The van der Waals surface area contributed by atoms with Crippen molar-refractivity contribution in [1.29, 1.82) is 0 Å². The highest BCUT2D eigenvalue weighted by atomic mass is 16.5. The second-order valence-corrected chi connectivity index (χ2v) is 4.60. The normalized spacial score (nSPS) is 11.2. The molecule has 1 aromatic carbocycles. The van der Waals surface area contributed by atoms with Crippen LogP contribution in [0, 0.1) is 0 Å². The van der Waals surface area contributed by atoms with Gasteiger partial charge in [0.1, 0.15) is 5.75 Å². The highest BCUT2D eigenvalue weighted by Crippen LogP contribution is 2.27. The number of ether oxygens (including phenoxy) is 1. The van der Waals surface area contributed by atoms with E-state index >= 15 is 0 Å². The van der Waals surface area contributed by atoms with E-state index in [1.54, 1.807) is 25.6 Å². The lowest BCUT2D eigenvalue weighted by atomic mass is 10.00. The zero-order chi connectivity index (χ0) is 13.7. The molecule has 19 heavy (non-hydrogen) atoms. The molecule has 0 fully saturated rings. The molecule has 1 aromatic heterocycles. The minimum absolute atomic E-state index is 0.449. The average Bonchev–Trinajstić information content (AvgIpc) is 2.45. The largest absolute Gasteiger partial charge is 0.496 e. The molecule has 3 nitrogen and oxygen atoms in total. The lowest BCUT2D eigenvalue weighted by Gasteiger charge is -2.12. The molecule has 0 aliphatic rings. The zero-order valence-electron chi connectivity index (χ0n) is 11.5. The van der Waals surface area contributed by atoms with Gasteiger partial charge in [0.25, 0.3) is 0 Å². The van der Waals surface area contributed by atoms with Gasteiger partial charge in [-0.25, -0.2) is 9.97 Å². The Balaban J connectivity index is 2.25. The van der Waals surface area contributed by atoms with E-state index < -0.39 is 0 Å². The second-order valence-electron chi connectivity index (χ2n) is 4.60. The lowest BCUT2D eigenvalue weighted by molar-refractivity contribution is 0.407. The van der Waals surface area contributed by atoms with Crippen LogP contribution in [-0.4, -0.2) is 17.1 Å². The fraction of sp³-hybridized carbons (Fsp3) is 0.250. The van der Waals surface area contributed by atoms with Gasteiger partial charge in [0.15, 0.2) is 5.82 Å². The Kier molecular flexibility index (Phi) is 4.29.